The molecule has 192 valence electrons. The van der Waals surface area contributed by atoms with Crippen molar-refractivity contribution >= 4 is 56.3 Å². The number of sulfonamides is 1. The summed E-state index contributed by atoms with van der Waals surface area (Å²) in [5, 5.41) is 2.80. The van der Waals surface area contributed by atoms with E-state index in [0.29, 0.717) is 26.2 Å². The van der Waals surface area contributed by atoms with Gasteiger partial charge in [0.25, 0.3) is 10.0 Å². The third-order valence-electron chi connectivity index (χ3n) is 7.62. The minimum Gasteiger partial charge on any atom is -0.303 e. The van der Waals surface area contributed by atoms with Gasteiger partial charge in [-0.25, -0.2) is 8.42 Å². The topological polar surface area (TPSA) is 40.6 Å². The molecule has 1 saturated heterocycles. The molecule has 0 radical (unpaired) electrons. The lowest BCUT2D eigenvalue weighted by molar-refractivity contribution is 0.166. The molecule has 4 nitrogen and oxygen atoms in total. The van der Waals surface area contributed by atoms with E-state index in [2.05, 4.69) is 29.2 Å². The van der Waals surface area contributed by atoms with Crippen LogP contribution in [0.4, 0.5) is 0 Å². The summed E-state index contributed by atoms with van der Waals surface area (Å²) in [7, 11) is -1.86. The Morgan fingerprint density at radius 3 is 2.56 bits per heavy atom. The Morgan fingerprint density at radius 1 is 1.06 bits per heavy atom. The lowest BCUT2D eigenvalue weighted by Gasteiger charge is -2.40. The fourth-order valence-corrected chi connectivity index (χ4v) is 9.60. The quantitative estimate of drug-likeness (QED) is 0.288. The largest absolute Gasteiger partial charge is 0.303 e. The first-order chi connectivity index (χ1) is 17.3. The van der Waals surface area contributed by atoms with Gasteiger partial charge in [0.05, 0.1) is 10.0 Å². The van der Waals surface area contributed by atoms with E-state index >= 15 is 0 Å². The van der Waals surface area contributed by atoms with Crippen molar-refractivity contribution in [2.75, 3.05) is 39.0 Å². The molecule has 36 heavy (non-hydrogen) atoms. The van der Waals surface area contributed by atoms with Crippen molar-refractivity contribution in [2.45, 2.75) is 39.7 Å². The van der Waals surface area contributed by atoms with Crippen LogP contribution in [0.25, 0.3) is 0 Å². The molecule has 0 bridgehead atoms. The highest BCUT2D eigenvalue weighted by molar-refractivity contribution is 7.99. The zero-order valence-corrected chi connectivity index (χ0v) is 24.2. The lowest BCUT2D eigenvalue weighted by Crippen LogP contribution is -2.43. The zero-order chi connectivity index (χ0) is 25.3. The summed E-state index contributed by atoms with van der Waals surface area (Å²) in [6.07, 6.45) is 3.18. The second-order valence-electron chi connectivity index (χ2n) is 9.78. The Morgan fingerprint density at radius 2 is 1.83 bits per heavy atom. The SMILES string of the molecule is CN(C[C@@H](CCN1CCC2(CC1)CSc1ccccc12)c1ccc(Cl)c(Cl)c1)S(=O)(=O)c1cccs1. The molecule has 2 aliphatic heterocycles. The summed E-state index contributed by atoms with van der Waals surface area (Å²) in [5.74, 6) is 1.19. The number of piperidine rings is 1. The van der Waals surface area contributed by atoms with Crippen LogP contribution in [0.2, 0.25) is 10.0 Å². The van der Waals surface area contributed by atoms with Gasteiger partial charge in [0.2, 0.25) is 0 Å². The minimum absolute atomic E-state index is 0.0122. The highest BCUT2D eigenvalue weighted by atomic mass is 35.5. The number of halogens is 2. The number of nitrogens with zero attached hydrogens (tertiary/aromatic N) is 2. The first kappa shape index (κ1) is 26.5. The first-order valence-electron chi connectivity index (χ1n) is 12.2. The van der Waals surface area contributed by atoms with E-state index in [4.69, 9.17) is 23.2 Å². The Bertz CT molecular complexity index is 1310. The molecule has 3 aromatic rings. The number of thioether (sulfide) groups is 1. The lowest BCUT2D eigenvalue weighted by atomic mass is 9.74. The van der Waals surface area contributed by atoms with Crippen molar-refractivity contribution in [3.05, 3.63) is 81.1 Å². The predicted octanol–water partition coefficient (Wildman–Crippen LogP) is 6.99. The monoisotopic (exact) mass is 580 g/mol. The van der Waals surface area contributed by atoms with E-state index in [-0.39, 0.29) is 5.92 Å². The second kappa shape index (κ2) is 11.0. The van der Waals surface area contributed by atoms with Crippen molar-refractivity contribution < 1.29 is 8.42 Å². The van der Waals surface area contributed by atoms with Crippen LogP contribution in [0.1, 0.15) is 36.3 Å². The van der Waals surface area contributed by atoms with E-state index in [1.54, 1.807) is 30.6 Å². The molecule has 1 fully saturated rings. The fraction of sp³-hybridized carbons (Fsp3) is 0.407. The maximum Gasteiger partial charge on any atom is 0.252 e. The maximum absolute atomic E-state index is 13.1. The van der Waals surface area contributed by atoms with Gasteiger partial charge in [0, 0.05) is 29.7 Å². The predicted molar refractivity (Wildman–Crippen MR) is 152 cm³/mol. The zero-order valence-electron chi connectivity index (χ0n) is 20.2. The van der Waals surface area contributed by atoms with Gasteiger partial charge in [-0.05, 0) is 85.6 Å². The van der Waals surface area contributed by atoms with E-state index in [0.717, 1.165) is 31.6 Å². The maximum atomic E-state index is 13.1. The number of thiophene rings is 1. The van der Waals surface area contributed by atoms with Crippen molar-refractivity contribution in [3.8, 4) is 0 Å². The highest BCUT2D eigenvalue weighted by Crippen LogP contribution is 2.49. The van der Waals surface area contributed by atoms with Gasteiger partial charge in [0.1, 0.15) is 4.21 Å². The fourth-order valence-electron chi connectivity index (χ4n) is 5.38. The van der Waals surface area contributed by atoms with Crippen molar-refractivity contribution in [1.29, 1.82) is 0 Å². The average Bonchev–Trinajstić information content (AvgIpc) is 3.55. The summed E-state index contributed by atoms with van der Waals surface area (Å²) in [6.45, 7) is 3.43. The summed E-state index contributed by atoms with van der Waals surface area (Å²) < 4.78 is 28.1. The van der Waals surface area contributed by atoms with Gasteiger partial charge in [-0.1, -0.05) is 53.5 Å². The molecule has 9 heteroatoms. The summed E-state index contributed by atoms with van der Waals surface area (Å²) in [6, 6.07) is 18.0. The summed E-state index contributed by atoms with van der Waals surface area (Å²) in [4.78, 5) is 3.98. The smallest absolute Gasteiger partial charge is 0.252 e. The molecule has 1 spiro atoms. The third-order valence-corrected chi connectivity index (χ3v) is 12.9. The molecule has 0 amide bonds. The number of hydrogen-bond donors (Lipinski definition) is 0. The third kappa shape index (κ3) is 5.39. The van der Waals surface area contributed by atoms with Crippen molar-refractivity contribution in [2.24, 2.45) is 0 Å². The van der Waals surface area contributed by atoms with E-state index < -0.39 is 10.0 Å². The van der Waals surface area contributed by atoms with Gasteiger partial charge in [-0.3, -0.25) is 0 Å². The number of rotatable bonds is 8. The van der Waals surface area contributed by atoms with E-state index in [1.165, 1.54) is 44.7 Å². The molecule has 0 saturated carbocycles. The molecule has 0 N–H and O–H groups in total. The Hall–Kier alpha value is -1.06. The van der Waals surface area contributed by atoms with Crippen LogP contribution in [0.3, 0.4) is 0 Å². The minimum atomic E-state index is -3.53. The van der Waals surface area contributed by atoms with Gasteiger partial charge in [-0.15, -0.1) is 23.1 Å². The molecule has 2 aromatic carbocycles. The molecular formula is C27H30Cl2N2O2S3. The Kier molecular flexibility index (Phi) is 8.09. The highest BCUT2D eigenvalue weighted by Gasteiger charge is 2.41. The van der Waals surface area contributed by atoms with Crippen LogP contribution in [0.15, 0.2) is 69.1 Å². The van der Waals surface area contributed by atoms with Crippen LogP contribution in [-0.4, -0.2) is 56.6 Å². The van der Waals surface area contributed by atoms with Gasteiger partial charge in [-0.2, -0.15) is 4.31 Å². The number of likely N-dealkylation sites (tertiary alicyclic amines) is 1. The molecule has 0 aliphatic carbocycles. The number of hydrogen-bond acceptors (Lipinski definition) is 5. The number of fused-ring (bicyclic) bond motifs is 2. The molecule has 1 aromatic heterocycles. The van der Waals surface area contributed by atoms with Crippen molar-refractivity contribution in [3.63, 3.8) is 0 Å². The van der Waals surface area contributed by atoms with Gasteiger partial charge in [0.15, 0.2) is 0 Å². The Labute approximate surface area is 232 Å². The van der Waals surface area contributed by atoms with Crippen LogP contribution in [-0.2, 0) is 15.4 Å². The van der Waals surface area contributed by atoms with Gasteiger partial charge < -0.3 is 4.90 Å². The first-order valence-corrected chi connectivity index (χ1v) is 16.2. The van der Waals surface area contributed by atoms with Crippen LogP contribution in [0, 0.1) is 0 Å². The number of benzene rings is 2. The molecule has 1 atom stereocenters. The molecule has 2 aliphatic rings. The normalized spacial score (nSPS) is 18.6. The molecule has 5 rings (SSSR count). The molecule has 3 heterocycles. The Balaban J connectivity index is 1.27. The summed E-state index contributed by atoms with van der Waals surface area (Å²) >= 11 is 15.8. The van der Waals surface area contributed by atoms with Gasteiger partial charge >= 0.3 is 0 Å². The summed E-state index contributed by atoms with van der Waals surface area (Å²) in [5.41, 5.74) is 2.85. The molecule has 0 unspecified atom stereocenters. The second-order valence-corrected chi connectivity index (χ2v) is 14.8. The van der Waals surface area contributed by atoms with E-state index in [1.807, 2.05) is 23.9 Å². The molecular weight excluding hydrogens is 551 g/mol. The van der Waals surface area contributed by atoms with Crippen LogP contribution >= 0.6 is 46.3 Å². The number of likely N-dealkylation sites (N-methyl/N-ethyl adjacent to an activating group) is 1. The average molecular weight is 582 g/mol. The van der Waals surface area contributed by atoms with E-state index in [9.17, 15) is 8.42 Å². The van der Waals surface area contributed by atoms with Crippen LogP contribution < -0.4 is 0 Å². The standard InChI is InChI=1S/C27H30Cl2N2O2S3/c1-30(36(32,33)26-7-4-16-34-26)18-21(20-8-9-23(28)24(29)17-20)10-13-31-14-11-27(12-15-31)19-35-25-6-3-2-5-22(25)27/h2-9,16-17,21H,10-15,18-19H2,1H3/t21-/m1/s1. The van der Waals surface area contributed by atoms with Crippen LogP contribution in [0.5, 0.6) is 0 Å². The van der Waals surface area contributed by atoms with Crippen molar-refractivity contribution in [1.82, 2.24) is 9.21 Å².